The molecule has 19 heavy (non-hydrogen) atoms. The van der Waals surface area contributed by atoms with Gasteiger partial charge in [0.1, 0.15) is 0 Å². The van der Waals surface area contributed by atoms with Crippen molar-refractivity contribution < 1.29 is 5.11 Å². The zero-order chi connectivity index (χ0) is 14.0. The number of hydrogen-bond acceptors (Lipinski definition) is 1. The summed E-state index contributed by atoms with van der Waals surface area (Å²) in [6, 6.07) is 11.3. The van der Waals surface area contributed by atoms with Crippen LogP contribution >= 0.6 is 39.1 Å². The van der Waals surface area contributed by atoms with Crippen LogP contribution in [0.15, 0.2) is 40.9 Å². The predicted octanol–water partition coefficient (Wildman–Crippen LogP) is 5.34. The highest BCUT2D eigenvalue weighted by molar-refractivity contribution is 9.10. The average molecular weight is 360 g/mol. The highest BCUT2D eigenvalue weighted by Crippen LogP contribution is 2.32. The maximum absolute atomic E-state index is 10.4. The van der Waals surface area contributed by atoms with Crippen molar-refractivity contribution in [2.24, 2.45) is 0 Å². The van der Waals surface area contributed by atoms with Crippen LogP contribution in [-0.2, 0) is 6.42 Å². The number of halogens is 3. The van der Waals surface area contributed by atoms with E-state index in [2.05, 4.69) is 15.9 Å². The predicted molar refractivity (Wildman–Crippen MR) is 84.0 cm³/mol. The number of aliphatic hydroxyl groups excluding tert-OH is 1. The number of aryl methyl sites for hydroxylation is 1. The Labute approximate surface area is 131 Å². The molecule has 4 heteroatoms. The van der Waals surface area contributed by atoms with Crippen LogP contribution in [0.3, 0.4) is 0 Å². The highest BCUT2D eigenvalue weighted by atomic mass is 79.9. The summed E-state index contributed by atoms with van der Waals surface area (Å²) >= 11 is 15.6. The molecule has 0 aromatic heterocycles. The van der Waals surface area contributed by atoms with E-state index >= 15 is 0 Å². The second-order valence-corrected chi connectivity index (χ2v) is 5.99. The normalized spacial score (nSPS) is 12.5. The Morgan fingerprint density at radius 3 is 2.58 bits per heavy atom. The first-order chi connectivity index (χ1) is 9.00. The summed E-state index contributed by atoms with van der Waals surface area (Å²) in [6.07, 6.45) is -0.188. The van der Waals surface area contributed by atoms with Crippen molar-refractivity contribution in [3.8, 4) is 0 Å². The molecule has 0 amide bonds. The molecule has 2 aromatic carbocycles. The molecular formula is C15H13BrCl2O. The molecule has 0 radical (unpaired) electrons. The molecule has 1 unspecified atom stereocenters. The third-order valence-corrected chi connectivity index (χ3v) is 4.97. The molecule has 2 aromatic rings. The molecule has 0 fully saturated rings. The number of benzene rings is 2. The summed E-state index contributed by atoms with van der Waals surface area (Å²) in [5, 5.41) is 11.4. The van der Waals surface area contributed by atoms with Crippen molar-refractivity contribution in [2.45, 2.75) is 19.4 Å². The summed E-state index contributed by atoms with van der Waals surface area (Å²) in [5.74, 6) is 0. The van der Waals surface area contributed by atoms with E-state index in [-0.39, 0.29) is 0 Å². The van der Waals surface area contributed by atoms with Gasteiger partial charge in [0.15, 0.2) is 0 Å². The van der Waals surface area contributed by atoms with Crippen LogP contribution in [0, 0.1) is 6.92 Å². The Hall–Kier alpha value is -0.540. The first-order valence-corrected chi connectivity index (χ1v) is 7.41. The molecule has 2 rings (SSSR count). The summed E-state index contributed by atoms with van der Waals surface area (Å²) in [6.45, 7) is 1.99. The van der Waals surface area contributed by atoms with Gasteiger partial charge < -0.3 is 5.11 Å². The topological polar surface area (TPSA) is 20.2 Å². The maximum atomic E-state index is 10.4. The van der Waals surface area contributed by atoms with Crippen molar-refractivity contribution >= 4 is 39.1 Å². The minimum atomic E-state index is -0.620. The van der Waals surface area contributed by atoms with Gasteiger partial charge in [-0.25, -0.2) is 0 Å². The Morgan fingerprint density at radius 2 is 1.84 bits per heavy atom. The molecule has 0 aliphatic heterocycles. The van der Waals surface area contributed by atoms with E-state index in [0.717, 1.165) is 21.2 Å². The van der Waals surface area contributed by atoms with Gasteiger partial charge in [-0.1, -0.05) is 69.5 Å². The quantitative estimate of drug-likeness (QED) is 0.784. The zero-order valence-corrected chi connectivity index (χ0v) is 13.4. The van der Waals surface area contributed by atoms with Crippen LogP contribution in [0.4, 0.5) is 0 Å². The standard InChI is InChI=1S/C15H13BrCl2O/c1-9-4-2-6-11(14(9)16)13(19)8-10-5-3-7-12(17)15(10)18/h2-7,13,19H,8H2,1H3. The fourth-order valence-corrected chi connectivity index (χ4v) is 2.88. The lowest BCUT2D eigenvalue weighted by Gasteiger charge is -2.15. The Kier molecular flexibility index (Phi) is 4.91. The lowest BCUT2D eigenvalue weighted by molar-refractivity contribution is 0.177. The Bertz CT molecular complexity index is 599. The lowest BCUT2D eigenvalue weighted by atomic mass is 10.00. The van der Waals surface area contributed by atoms with E-state index in [1.54, 1.807) is 6.07 Å². The van der Waals surface area contributed by atoms with Crippen LogP contribution < -0.4 is 0 Å². The molecule has 1 N–H and O–H groups in total. The second kappa shape index (κ2) is 6.27. The monoisotopic (exact) mass is 358 g/mol. The van der Waals surface area contributed by atoms with Crippen LogP contribution in [0.2, 0.25) is 10.0 Å². The van der Waals surface area contributed by atoms with E-state index < -0.39 is 6.10 Å². The van der Waals surface area contributed by atoms with Gasteiger partial charge in [-0.15, -0.1) is 0 Å². The van der Waals surface area contributed by atoms with E-state index in [4.69, 9.17) is 23.2 Å². The Morgan fingerprint density at radius 1 is 1.16 bits per heavy atom. The van der Waals surface area contributed by atoms with Gasteiger partial charge >= 0.3 is 0 Å². The first-order valence-electron chi connectivity index (χ1n) is 5.86. The molecule has 0 heterocycles. The summed E-state index contributed by atoms with van der Waals surface area (Å²) in [4.78, 5) is 0. The number of aliphatic hydroxyl groups is 1. The van der Waals surface area contributed by atoms with Gasteiger partial charge in [-0.3, -0.25) is 0 Å². The smallest absolute Gasteiger partial charge is 0.0841 e. The van der Waals surface area contributed by atoms with Crippen LogP contribution in [0.1, 0.15) is 22.8 Å². The molecule has 0 saturated heterocycles. The van der Waals surface area contributed by atoms with E-state index in [9.17, 15) is 5.11 Å². The zero-order valence-electron chi connectivity index (χ0n) is 10.3. The van der Waals surface area contributed by atoms with Crippen LogP contribution in [0.5, 0.6) is 0 Å². The van der Waals surface area contributed by atoms with Crippen molar-refractivity contribution in [1.29, 1.82) is 0 Å². The van der Waals surface area contributed by atoms with E-state index in [0.29, 0.717) is 16.5 Å². The molecule has 0 saturated carbocycles. The van der Waals surface area contributed by atoms with Crippen LogP contribution in [-0.4, -0.2) is 5.11 Å². The van der Waals surface area contributed by atoms with Crippen molar-refractivity contribution in [2.75, 3.05) is 0 Å². The minimum absolute atomic E-state index is 0.432. The minimum Gasteiger partial charge on any atom is -0.388 e. The molecule has 0 spiro atoms. The summed E-state index contributed by atoms with van der Waals surface area (Å²) in [7, 11) is 0. The van der Waals surface area contributed by atoms with Crippen molar-refractivity contribution in [3.05, 3.63) is 67.6 Å². The van der Waals surface area contributed by atoms with Gasteiger partial charge in [0, 0.05) is 10.9 Å². The third-order valence-electron chi connectivity index (χ3n) is 3.03. The van der Waals surface area contributed by atoms with Gasteiger partial charge in [0.05, 0.1) is 16.1 Å². The maximum Gasteiger partial charge on any atom is 0.0841 e. The second-order valence-electron chi connectivity index (χ2n) is 4.41. The third kappa shape index (κ3) is 3.32. The lowest BCUT2D eigenvalue weighted by Crippen LogP contribution is -2.04. The average Bonchev–Trinajstić information content (AvgIpc) is 2.38. The molecule has 100 valence electrons. The molecule has 0 aliphatic rings. The molecule has 1 nitrogen and oxygen atoms in total. The molecule has 0 aliphatic carbocycles. The molecule has 0 bridgehead atoms. The summed E-state index contributed by atoms with van der Waals surface area (Å²) in [5.41, 5.74) is 2.79. The highest BCUT2D eigenvalue weighted by Gasteiger charge is 2.15. The first kappa shape index (κ1) is 14.9. The fraction of sp³-hybridized carbons (Fsp3) is 0.200. The largest absolute Gasteiger partial charge is 0.388 e. The van der Waals surface area contributed by atoms with Gasteiger partial charge in [0.25, 0.3) is 0 Å². The SMILES string of the molecule is Cc1cccc(C(O)Cc2cccc(Cl)c2Cl)c1Br. The molecular weight excluding hydrogens is 347 g/mol. The van der Waals surface area contributed by atoms with Gasteiger partial charge in [-0.05, 0) is 29.7 Å². The number of rotatable bonds is 3. The van der Waals surface area contributed by atoms with Crippen molar-refractivity contribution in [3.63, 3.8) is 0 Å². The van der Waals surface area contributed by atoms with Crippen LogP contribution in [0.25, 0.3) is 0 Å². The fourth-order valence-electron chi connectivity index (χ4n) is 1.95. The molecule has 1 atom stereocenters. The van der Waals surface area contributed by atoms with Crippen molar-refractivity contribution in [1.82, 2.24) is 0 Å². The van der Waals surface area contributed by atoms with Gasteiger partial charge in [-0.2, -0.15) is 0 Å². The number of hydrogen-bond donors (Lipinski definition) is 1. The summed E-state index contributed by atoms with van der Waals surface area (Å²) < 4.78 is 0.931. The van der Waals surface area contributed by atoms with E-state index in [1.807, 2.05) is 37.3 Å². The van der Waals surface area contributed by atoms with Gasteiger partial charge in [0.2, 0.25) is 0 Å². The Balaban J connectivity index is 2.28. The van der Waals surface area contributed by atoms with E-state index in [1.165, 1.54) is 0 Å².